The second kappa shape index (κ2) is 8.47. The van der Waals surface area contributed by atoms with Crippen LogP contribution in [0.3, 0.4) is 0 Å². The maximum atomic E-state index is 10.6. The Morgan fingerprint density at radius 1 is 1.42 bits per heavy atom. The molecule has 0 amide bonds. The van der Waals surface area contributed by atoms with E-state index in [1.807, 2.05) is 20.9 Å². The van der Waals surface area contributed by atoms with Crippen molar-refractivity contribution in [2.24, 2.45) is 12.0 Å². The first-order chi connectivity index (χ1) is 10.8. The molecular weight excluding hydrogens is 423 g/mol. The summed E-state index contributed by atoms with van der Waals surface area (Å²) in [6, 6.07) is 0. The largest absolute Gasteiger partial charge is 0.383 e. The topological polar surface area (TPSA) is 100 Å². The molecule has 0 aliphatic carbocycles. The molecule has 2 rings (SSSR count). The number of aliphatic imine (C=N–C) groups is 1. The van der Waals surface area contributed by atoms with Crippen LogP contribution in [0.1, 0.15) is 29.5 Å². The van der Waals surface area contributed by atoms with Crippen LogP contribution in [0.25, 0.3) is 0 Å². The average Bonchev–Trinajstić information content (AvgIpc) is 3.07. The van der Waals surface area contributed by atoms with E-state index in [1.165, 1.54) is 0 Å². The number of nitrogens with zero attached hydrogens (tertiary/aromatic N) is 4. The summed E-state index contributed by atoms with van der Waals surface area (Å²) in [5, 5.41) is 24.9. The number of nitrogens with one attached hydrogen (secondary N) is 2. The summed E-state index contributed by atoms with van der Waals surface area (Å²) >= 11 is 0. The molecule has 0 radical (unpaired) electrons. The number of aliphatic hydroxyl groups is 1. The van der Waals surface area contributed by atoms with E-state index in [0.717, 1.165) is 22.6 Å². The van der Waals surface area contributed by atoms with Gasteiger partial charge in [-0.1, -0.05) is 5.16 Å². The van der Waals surface area contributed by atoms with E-state index in [9.17, 15) is 5.11 Å². The molecule has 0 aliphatic rings. The Hall–Kier alpha value is -1.62. The van der Waals surface area contributed by atoms with Crippen molar-refractivity contribution in [3.63, 3.8) is 0 Å². The van der Waals surface area contributed by atoms with Gasteiger partial charge in [0.05, 0.1) is 18.4 Å². The molecular formula is C15H25IN6O2. The van der Waals surface area contributed by atoms with Gasteiger partial charge in [-0.2, -0.15) is 5.10 Å². The van der Waals surface area contributed by atoms with Crippen molar-refractivity contribution in [3.05, 3.63) is 35.0 Å². The van der Waals surface area contributed by atoms with Crippen LogP contribution in [0.15, 0.2) is 21.9 Å². The van der Waals surface area contributed by atoms with Crippen LogP contribution in [0.2, 0.25) is 0 Å². The highest BCUT2D eigenvalue weighted by Gasteiger charge is 2.25. The number of hydrogen-bond donors (Lipinski definition) is 3. The van der Waals surface area contributed by atoms with Crippen molar-refractivity contribution in [3.8, 4) is 0 Å². The van der Waals surface area contributed by atoms with Crippen molar-refractivity contribution in [1.29, 1.82) is 0 Å². The Labute approximate surface area is 158 Å². The second-order valence-corrected chi connectivity index (χ2v) is 5.76. The lowest BCUT2D eigenvalue weighted by Gasteiger charge is -2.23. The Morgan fingerprint density at radius 3 is 2.62 bits per heavy atom. The lowest BCUT2D eigenvalue weighted by Crippen LogP contribution is -2.44. The molecule has 2 aromatic heterocycles. The minimum atomic E-state index is -1.05. The third kappa shape index (κ3) is 4.94. The summed E-state index contributed by atoms with van der Waals surface area (Å²) < 4.78 is 6.80. The molecule has 24 heavy (non-hydrogen) atoms. The van der Waals surface area contributed by atoms with Crippen molar-refractivity contribution in [2.75, 3.05) is 13.6 Å². The number of guanidine groups is 1. The molecule has 134 valence electrons. The minimum absolute atomic E-state index is 0. The van der Waals surface area contributed by atoms with Gasteiger partial charge in [0.25, 0.3) is 0 Å². The first kappa shape index (κ1) is 20.4. The fraction of sp³-hybridized carbons (Fsp3) is 0.533. The monoisotopic (exact) mass is 448 g/mol. The summed E-state index contributed by atoms with van der Waals surface area (Å²) in [5.41, 5.74) is 1.56. The number of hydrogen-bond acceptors (Lipinski definition) is 5. The number of aryl methyl sites for hydroxylation is 3. The zero-order chi connectivity index (χ0) is 17.0. The Bertz CT molecular complexity index is 672. The molecule has 8 nitrogen and oxygen atoms in total. The number of aromatic nitrogens is 3. The molecule has 0 aliphatic heterocycles. The van der Waals surface area contributed by atoms with Crippen LogP contribution in [-0.2, 0) is 19.2 Å². The molecule has 0 spiro atoms. The lowest BCUT2D eigenvalue weighted by molar-refractivity contribution is 0.0616. The van der Waals surface area contributed by atoms with Gasteiger partial charge in [-0.15, -0.1) is 24.0 Å². The molecule has 0 saturated heterocycles. The van der Waals surface area contributed by atoms with Gasteiger partial charge in [-0.25, -0.2) is 0 Å². The van der Waals surface area contributed by atoms with E-state index in [1.54, 1.807) is 31.0 Å². The molecule has 2 aromatic rings. The van der Waals surface area contributed by atoms with Gasteiger partial charge in [0, 0.05) is 38.0 Å². The minimum Gasteiger partial charge on any atom is -0.383 e. The number of halogens is 1. The second-order valence-electron chi connectivity index (χ2n) is 5.76. The molecule has 1 unspecified atom stereocenters. The fourth-order valence-corrected chi connectivity index (χ4v) is 2.20. The average molecular weight is 448 g/mol. The quantitative estimate of drug-likeness (QED) is 0.361. The molecule has 0 aromatic carbocycles. The van der Waals surface area contributed by atoms with Crippen molar-refractivity contribution >= 4 is 29.9 Å². The van der Waals surface area contributed by atoms with E-state index in [-0.39, 0.29) is 24.0 Å². The van der Waals surface area contributed by atoms with Crippen LogP contribution < -0.4 is 10.6 Å². The van der Waals surface area contributed by atoms with E-state index in [2.05, 4.69) is 25.9 Å². The smallest absolute Gasteiger partial charge is 0.191 e. The summed E-state index contributed by atoms with van der Waals surface area (Å²) in [7, 11) is 3.50. The maximum Gasteiger partial charge on any atom is 0.191 e. The van der Waals surface area contributed by atoms with Crippen LogP contribution in [0.4, 0.5) is 0 Å². The van der Waals surface area contributed by atoms with Gasteiger partial charge < -0.3 is 20.3 Å². The third-order valence-electron chi connectivity index (χ3n) is 3.76. The van der Waals surface area contributed by atoms with E-state index in [0.29, 0.717) is 19.0 Å². The lowest BCUT2D eigenvalue weighted by atomic mass is 10.00. The van der Waals surface area contributed by atoms with Crippen molar-refractivity contribution in [1.82, 2.24) is 25.6 Å². The summed E-state index contributed by atoms with van der Waals surface area (Å²) in [5.74, 6) is 1.38. The molecule has 2 heterocycles. The summed E-state index contributed by atoms with van der Waals surface area (Å²) in [6.45, 7) is 6.37. The van der Waals surface area contributed by atoms with E-state index < -0.39 is 5.60 Å². The number of rotatable bonds is 5. The van der Waals surface area contributed by atoms with Crippen LogP contribution in [-0.4, -0.2) is 39.6 Å². The Balaban J connectivity index is 0.00000288. The Kier molecular flexibility index (Phi) is 7.21. The van der Waals surface area contributed by atoms with Crippen LogP contribution in [0, 0.1) is 13.8 Å². The molecule has 3 N–H and O–H groups in total. The standard InChI is InChI=1S/C15H24N6O2.HI/c1-10-13(11(2)23-20-10)7-17-14(16-4)18-9-15(3,22)12-6-19-21(5)8-12;/h6,8,22H,7,9H2,1-5H3,(H2,16,17,18);1H. The predicted octanol–water partition coefficient (Wildman–Crippen LogP) is 1.22. The summed E-state index contributed by atoms with van der Waals surface area (Å²) in [4.78, 5) is 4.16. The molecule has 9 heteroatoms. The van der Waals surface area contributed by atoms with Gasteiger partial charge in [-0.05, 0) is 20.8 Å². The van der Waals surface area contributed by atoms with Gasteiger partial charge in [-0.3, -0.25) is 9.67 Å². The fourth-order valence-electron chi connectivity index (χ4n) is 2.20. The van der Waals surface area contributed by atoms with Crippen molar-refractivity contribution < 1.29 is 9.63 Å². The van der Waals surface area contributed by atoms with Crippen LogP contribution >= 0.6 is 24.0 Å². The van der Waals surface area contributed by atoms with E-state index >= 15 is 0 Å². The third-order valence-corrected chi connectivity index (χ3v) is 3.76. The first-order valence-corrected chi connectivity index (χ1v) is 7.41. The normalized spacial score (nSPS) is 14.0. The zero-order valence-electron chi connectivity index (χ0n) is 14.6. The van der Waals surface area contributed by atoms with Crippen molar-refractivity contribution in [2.45, 2.75) is 32.9 Å². The molecule has 0 saturated carbocycles. The van der Waals surface area contributed by atoms with Gasteiger partial charge in [0.1, 0.15) is 11.4 Å². The molecule has 1 atom stereocenters. The van der Waals surface area contributed by atoms with Gasteiger partial charge >= 0.3 is 0 Å². The SMILES string of the molecule is CN=C(NCc1c(C)noc1C)NCC(C)(O)c1cnn(C)c1.I. The summed E-state index contributed by atoms with van der Waals surface area (Å²) in [6.07, 6.45) is 3.45. The first-order valence-electron chi connectivity index (χ1n) is 7.41. The molecule has 0 bridgehead atoms. The van der Waals surface area contributed by atoms with E-state index in [4.69, 9.17) is 4.52 Å². The van der Waals surface area contributed by atoms with Crippen LogP contribution in [0.5, 0.6) is 0 Å². The maximum absolute atomic E-state index is 10.6. The van der Waals surface area contributed by atoms with Gasteiger partial charge in [0.15, 0.2) is 5.96 Å². The highest BCUT2D eigenvalue weighted by atomic mass is 127. The highest BCUT2D eigenvalue weighted by molar-refractivity contribution is 14.0. The molecule has 0 fully saturated rings. The highest BCUT2D eigenvalue weighted by Crippen LogP contribution is 2.18. The zero-order valence-corrected chi connectivity index (χ0v) is 17.0. The van der Waals surface area contributed by atoms with Gasteiger partial charge in [0.2, 0.25) is 0 Å². The predicted molar refractivity (Wildman–Crippen MR) is 102 cm³/mol. The Morgan fingerprint density at radius 2 is 2.12 bits per heavy atom.